The van der Waals surface area contributed by atoms with E-state index >= 15 is 0 Å². The van der Waals surface area contributed by atoms with Gasteiger partial charge in [-0.3, -0.25) is 5.10 Å². The summed E-state index contributed by atoms with van der Waals surface area (Å²) in [5.74, 6) is -0.761. The number of aromatic nitrogens is 2. The Labute approximate surface area is 61.4 Å². The smallest absolute Gasteiger partial charge is 0.252 e. The van der Waals surface area contributed by atoms with E-state index in [2.05, 4.69) is 5.10 Å². The van der Waals surface area contributed by atoms with Gasteiger partial charge in [0.05, 0.1) is 0 Å². The van der Waals surface area contributed by atoms with Crippen LogP contribution in [0.4, 0.5) is 13.2 Å². The second-order valence-corrected chi connectivity index (χ2v) is 2.06. The van der Waals surface area contributed by atoms with Crippen molar-refractivity contribution in [3.63, 3.8) is 0 Å². The van der Waals surface area contributed by atoms with Crippen LogP contribution in [0.2, 0.25) is 0 Å². The molecular weight excluding hydrogens is 157 g/mol. The van der Waals surface area contributed by atoms with E-state index in [1.54, 1.807) is 6.92 Å². The Bertz CT molecular complexity index is 244. The molecule has 0 fully saturated rings. The van der Waals surface area contributed by atoms with Crippen molar-refractivity contribution in [2.75, 3.05) is 0 Å². The highest BCUT2D eigenvalue weighted by molar-refractivity contribution is 5.18. The van der Waals surface area contributed by atoms with Crippen LogP contribution in [0.5, 0.6) is 0 Å². The van der Waals surface area contributed by atoms with Crippen LogP contribution in [0.1, 0.15) is 24.6 Å². The number of hydrogen-bond donors (Lipinski definition) is 1. The quantitative estimate of drug-likeness (QED) is 0.711. The predicted octanol–water partition coefficient (Wildman–Crippen LogP) is 2.05. The Hall–Kier alpha value is -1.00. The maximum atomic E-state index is 12.5. The molecule has 2 nitrogen and oxygen atoms in total. The molecule has 0 saturated heterocycles. The van der Waals surface area contributed by atoms with Crippen molar-refractivity contribution in [2.45, 2.75) is 19.8 Å². The summed E-state index contributed by atoms with van der Waals surface area (Å²) < 4.78 is 36.5. The van der Waals surface area contributed by atoms with E-state index in [1.807, 2.05) is 5.10 Å². The molecule has 11 heavy (non-hydrogen) atoms. The first kappa shape index (κ1) is 8.10. The number of alkyl halides is 2. The number of nitrogens with one attached hydrogen (secondary N) is 1. The molecule has 1 N–H and O–H groups in total. The van der Waals surface area contributed by atoms with Gasteiger partial charge in [0.15, 0.2) is 0 Å². The molecule has 1 rings (SSSR count). The standard InChI is InChI=1S/C6H7F3N2/c1-2-3-4(5(7)8)10-11-6(3)9/h5H,2H2,1H3,(H,10,11). The average Bonchev–Trinajstić information content (AvgIpc) is 2.30. The molecule has 1 aromatic rings. The lowest BCUT2D eigenvalue weighted by atomic mass is 10.2. The molecule has 62 valence electrons. The lowest BCUT2D eigenvalue weighted by Gasteiger charge is -1.95. The van der Waals surface area contributed by atoms with Gasteiger partial charge in [-0.15, -0.1) is 0 Å². The molecule has 1 heterocycles. The zero-order valence-electron chi connectivity index (χ0n) is 5.87. The summed E-state index contributed by atoms with van der Waals surface area (Å²) >= 11 is 0. The molecule has 0 radical (unpaired) electrons. The number of rotatable bonds is 2. The summed E-state index contributed by atoms with van der Waals surface area (Å²) in [6.07, 6.45) is -2.48. The molecule has 0 aromatic carbocycles. The lowest BCUT2D eigenvalue weighted by molar-refractivity contribution is 0.145. The Balaban J connectivity index is 3.05. The number of hydrogen-bond acceptors (Lipinski definition) is 1. The molecule has 0 aliphatic rings. The van der Waals surface area contributed by atoms with Crippen molar-refractivity contribution in [1.29, 1.82) is 0 Å². The van der Waals surface area contributed by atoms with Crippen LogP contribution >= 0.6 is 0 Å². The maximum absolute atomic E-state index is 12.5. The highest BCUT2D eigenvalue weighted by Gasteiger charge is 2.18. The van der Waals surface area contributed by atoms with Crippen LogP contribution in [0.25, 0.3) is 0 Å². The summed E-state index contributed by atoms with van der Waals surface area (Å²) in [5.41, 5.74) is -0.509. The van der Waals surface area contributed by atoms with Gasteiger partial charge >= 0.3 is 0 Å². The molecule has 1 aromatic heterocycles. The van der Waals surface area contributed by atoms with Gasteiger partial charge in [0, 0.05) is 5.56 Å². The number of H-pyrrole nitrogens is 1. The second-order valence-electron chi connectivity index (χ2n) is 2.06. The third-order valence-electron chi connectivity index (χ3n) is 1.41. The fraction of sp³-hybridized carbons (Fsp3) is 0.500. The minimum absolute atomic E-state index is 0.0278. The summed E-state index contributed by atoms with van der Waals surface area (Å²) in [7, 11) is 0. The van der Waals surface area contributed by atoms with Gasteiger partial charge < -0.3 is 0 Å². The number of aromatic amines is 1. The molecule has 0 unspecified atom stereocenters. The van der Waals surface area contributed by atoms with Gasteiger partial charge in [-0.05, 0) is 6.42 Å². The molecule has 0 aliphatic heterocycles. The molecule has 5 heteroatoms. The zero-order valence-corrected chi connectivity index (χ0v) is 5.87. The van der Waals surface area contributed by atoms with Crippen LogP contribution in [0, 0.1) is 5.95 Å². The van der Waals surface area contributed by atoms with E-state index in [0.717, 1.165) is 0 Å². The molecule has 0 spiro atoms. The summed E-state index contributed by atoms with van der Waals surface area (Å²) in [4.78, 5) is 0. The van der Waals surface area contributed by atoms with Crippen LogP contribution in [0.15, 0.2) is 0 Å². The van der Waals surface area contributed by atoms with Gasteiger partial charge in [-0.25, -0.2) is 8.78 Å². The molecule has 0 amide bonds. The number of nitrogens with zero attached hydrogens (tertiary/aromatic N) is 1. The van der Waals surface area contributed by atoms with Crippen LogP contribution in [-0.2, 0) is 6.42 Å². The van der Waals surface area contributed by atoms with Gasteiger partial charge in [-0.1, -0.05) is 6.92 Å². The highest BCUT2D eigenvalue weighted by Crippen LogP contribution is 2.22. The van der Waals surface area contributed by atoms with E-state index in [0.29, 0.717) is 0 Å². The highest BCUT2D eigenvalue weighted by atomic mass is 19.3. The third-order valence-corrected chi connectivity index (χ3v) is 1.41. The van der Waals surface area contributed by atoms with Crippen molar-refractivity contribution in [2.24, 2.45) is 0 Å². The largest absolute Gasteiger partial charge is 0.282 e. The second kappa shape index (κ2) is 2.94. The Morgan fingerprint density at radius 2 is 2.18 bits per heavy atom. The van der Waals surface area contributed by atoms with Gasteiger partial charge in [0.25, 0.3) is 6.43 Å². The first-order valence-corrected chi connectivity index (χ1v) is 3.17. The normalized spacial score (nSPS) is 11.0. The minimum atomic E-state index is -2.70. The summed E-state index contributed by atoms with van der Waals surface area (Å²) in [6, 6.07) is 0. The topological polar surface area (TPSA) is 28.7 Å². The van der Waals surface area contributed by atoms with Crippen molar-refractivity contribution in [3.8, 4) is 0 Å². The van der Waals surface area contributed by atoms with Crippen molar-refractivity contribution < 1.29 is 13.2 Å². The van der Waals surface area contributed by atoms with E-state index in [1.165, 1.54) is 0 Å². The van der Waals surface area contributed by atoms with Crippen molar-refractivity contribution in [3.05, 3.63) is 17.2 Å². The van der Waals surface area contributed by atoms with E-state index in [4.69, 9.17) is 0 Å². The molecular formula is C6H7F3N2. The van der Waals surface area contributed by atoms with E-state index < -0.39 is 18.1 Å². The third kappa shape index (κ3) is 1.36. The molecule has 0 aliphatic carbocycles. The van der Waals surface area contributed by atoms with Crippen molar-refractivity contribution >= 4 is 0 Å². The molecule has 0 bridgehead atoms. The van der Waals surface area contributed by atoms with Gasteiger partial charge in [0.1, 0.15) is 5.69 Å². The van der Waals surface area contributed by atoms with Gasteiger partial charge in [-0.2, -0.15) is 9.49 Å². The first-order valence-electron chi connectivity index (χ1n) is 3.17. The van der Waals surface area contributed by atoms with Gasteiger partial charge in [0.2, 0.25) is 5.95 Å². The van der Waals surface area contributed by atoms with E-state index in [9.17, 15) is 13.2 Å². The van der Waals surface area contributed by atoms with Crippen LogP contribution in [-0.4, -0.2) is 10.2 Å². The van der Waals surface area contributed by atoms with Crippen LogP contribution < -0.4 is 0 Å². The predicted molar refractivity (Wildman–Crippen MR) is 32.9 cm³/mol. The van der Waals surface area contributed by atoms with E-state index in [-0.39, 0.29) is 12.0 Å². The Morgan fingerprint density at radius 3 is 2.55 bits per heavy atom. The fourth-order valence-electron chi connectivity index (χ4n) is 0.874. The minimum Gasteiger partial charge on any atom is -0.252 e. The molecule has 0 atom stereocenters. The fourth-order valence-corrected chi connectivity index (χ4v) is 0.874. The number of halogens is 3. The Morgan fingerprint density at radius 1 is 1.55 bits per heavy atom. The summed E-state index contributed by atoms with van der Waals surface area (Å²) in [5, 5.41) is 5.01. The first-order chi connectivity index (χ1) is 5.16. The lowest BCUT2D eigenvalue weighted by Crippen LogP contribution is -1.91. The zero-order chi connectivity index (χ0) is 8.43. The Kier molecular flexibility index (Phi) is 2.16. The SMILES string of the molecule is CCc1c(C(F)F)n[nH]c1F. The van der Waals surface area contributed by atoms with Crippen molar-refractivity contribution in [1.82, 2.24) is 10.2 Å². The van der Waals surface area contributed by atoms with Crippen LogP contribution in [0.3, 0.4) is 0 Å². The average molecular weight is 164 g/mol. The monoisotopic (exact) mass is 164 g/mol. The maximum Gasteiger partial charge on any atom is 0.282 e. The summed E-state index contributed by atoms with van der Waals surface area (Å²) in [6.45, 7) is 1.60. The molecule has 0 saturated carbocycles.